The van der Waals surface area contributed by atoms with Crippen molar-refractivity contribution in [2.45, 2.75) is 12.5 Å². The first-order valence-corrected chi connectivity index (χ1v) is 7.80. The van der Waals surface area contributed by atoms with Gasteiger partial charge in [0.1, 0.15) is 0 Å². The lowest BCUT2D eigenvalue weighted by atomic mass is 10.1. The topological polar surface area (TPSA) is 29.5 Å². The average Bonchev–Trinajstić information content (AvgIpc) is 2.41. The Kier molecular flexibility index (Phi) is 5.21. The molecule has 1 heterocycles. The Balaban J connectivity index is 2.00. The third-order valence-electron chi connectivity index (χ3n) is 2.99. The molecule has 3 nitrogen and oxygen atoms in total. The number of alkyl halides is 1. The van der Waals surface area contributed by atoms with E-state index >= 15 is 0 Å². The Morgan fingerprint density at radius 1 is 1.39 bits per heavy atom. The molecule has 0 N–H and O–H groups in total. The van der Waals surface area contributed by atoms with Crippen molar-refractivity contribution in [2.24, 2.45) is 0 Å². The van der Waals surface area contributed by atoms with Gasteiger partial charge in [0.25, 0.3) is 0 Å². The van der Waals surface area contributed by atoms with Crippen LogP contribution in [0.4, 0.5) is 0 Å². The number of nitrogens with zero attached hydrogens (tertiary/aromatic N) is 1. The highest BCUT2D eigenvalue weighted by atomic mass is 79.9. The van der Waals surface area contributed by atoms with Crippen LogP contribution in [0.25, 0.3) is 0 Å². The molecule has 0 aliphatic carbocycles. The Hall–Kier alpha value is -0.390. The van der Waals surface area contributed by atoms with Crippen LogP contribution in [-0.2, 0) is 16.0 Å². The quantitative estimate of drug-likeness (QED) is 0.759. The molecule has 1 aliphatic heterocycles. The standard InChI is InChI=1S/C13H15Br2NO2/c14-8-12-9-18-6-5-16(12)13(17)7-10-1-3-11(15)4-2-10/h1-4,12H,5-9H2. The zero-order valence-electron chi connectivity index (χ0n) is 9.94. The Labute approximate surface area is 124 Å². The number of benzene rings is 1. The molecule has 1 amide bonds. The number of morpholine rings is 1. The van der Waals surface area contributed by atoms with Crippen molar-refractivity contribution in [1.82, 2.24) is 4.90 Å². The normalized spacial score (nSPS) is 19.9. The fourth-order valence-electron chi connectivity index (χ4n) is 1.99. The van der Waals surface area contributed by atoms with E-state index in [9.17, 15) is 4.79 Å². The lowest BCUT2D eigenvalue weighted by molar-refractivity contribution is -0.138. The number of hydrogen-bond acceptors (Lipinski definition) is 2. The predicted molar refractivity (Wildman–Crippen MR) is 78.0 cm³/mol. The molecule has 98 valence electrons. The first kappa shape index (κ1) is 14.0. The highest BCUT2D eigenvalue weighted by Crippen LogP contribution is 2.14. The van der Waals surface area contributed by atoms with E-state index in [2.05, 4.69) is 31.9 Å². The first-order chi connectivity index (χ1) is 8.70. The third kappa shape index (κ3) is 3.56. The second-order valence-electron chi connectivity index (χ2n) is 4.27. The maximum Gasteiger partial charge on any atom is 0.227 e. The van der Waals surface area contributed by atoms with Gasteiger partial charge in [0.2, 0.25) is 5.91 Å². The van der Waals surface area contributed by atoms with Gasteiger partial charge in [-0.3, -0.25) is 4.79 Å². The van der Waals surface area contributed by atoms with Crippen molar-refractivity contribution in [1.29, 1.82) is 0 Å². The van der Waals surface area contributed by atoms with Crippen LogP contribution < -0.4 is 0 Å². The molecule has 5 heteroatoms. The number of carbonyl (C=O) groups excluding carboxylic acids is 1. The van der Waals surface area contributed by atoms with Gasteiger partial charge in [-0.2, -0.15) is 0 Å². The van der Waals surface area contributed by atoms with Gasteiger partial charge < -0.3 is 9.64 Å². The van der Waals surface area contributed by atoms with E-state index in [1.54, 1.807) is 0 Å². The number of rotatable bonds is 3. The largest absolute Gasteiger partial charge is 0.377 e. The third-order valence-corrected chi connectivity index (χ3v) is 4.27. The van der Waals surface area contributed by atoms with Crippen molar-refractivity contribution >= 4 is 37.8 Å². The average molecular weight is 377 g/mol. The van der Waals surface area contributed by atoms with Crippen LogP contribution in [0.2, 0.25) is 0 Å². The number of hydrogen-bond donors (Lipinski definition) is 0. The van der Waals surface area contributed by atoms with Crippen LogP contribution in [-0.4, -0.2) is 41.9 Å². The molecule has 0 radical (unpaired) electrons. The molecule has 2 rings (SSSR count). The molecular formula is C13H15Br2NO2. The summed E-state index contributed by atoms with van der Waals surface area (Å²) >= 11 is 6.83. The summed E-state index contributed by atoms with van der Waals surface area (Å²) in [6, 6.07) is 8.03. The number of amides is 1. The van der Waals surface area contributed by atoms with Gasteiger partial charge >= 0.3 is 0 Å². The van der Waals surface area contributed by atoms with Gasteiger partial charge in [-0.25, -0.2) is 0 Å². The lowest BCUT2D eigenvalue weighted by Crippen LogP contribution is -2.50. The SMILES string of the molecule is O=C(Cc1ccc(Br)cc1)N1CCOCC1CBr. The highest BCUT2D eigenvalue weighted by Gasteiger charge is 2.26. The molecule has 1 fully saturated rings. The maximum absolute atomic E-state index is 12.3. The molecule has 1 unspecified atom stereocenters. The molecule has 0 saturated carbocycles. The molecule has 0 bridgehead atoms. The predicted octanol–water partition coefficient (Wildman–Crippen LogP) is 2.61. The zero-order chi connectivity index (χ0) is 13.0. The maximum atomic E-state index is 12.3. The second kappa shape index (κ2) is 6.68. The van der Waals surface area contributed by atoms with Gasteiger partial charge in [-0.05, 0) is 17.7 Å². The second-order valence-corrected chi connectivity index (χ2v) is 5.84. The molecular weight excluding hydrogens is 362 g/mol. The lowest BCUT2D eigenvalue weighted by Gasteiger charge is -2.34. The van der Waals surface area contributed by atoms with Crippen LogP contribution in [0.5, 0.6) is 0 Å². The molecule has 0 spiro atoms. The van der Waals surface area contributed by atoms with Gasteiger partial charge in [-0.15, -0.1) is 0 Å². The van der Waals surface area contributed by atoms with E-state index in [0.717, 1.165) is 15.4 Å². The van der Waals surface area contributed by atoms with Gasteiger partial charge in [0.05, 0.1) is 25.7 Å². The Morgan fingerprint density at radius 2 is 2.11 bits per heavy atom. The monoisotopic (exact) mass is 375 g/mol. The van der Waals surface area contributed by atoms with Crippen molar-refractivity contribution in [3.63, 3.8) is 0 Å². The first-order valence-electron chi connectivity index (χ1n) is 5.88. The van der Waals surface area contributed by atoms with E-state index in [-0.39, 0.29) is 11.9 Å². The van der Waals surface area contributed by atoms with Gasteiger partial charge in [0.15, 0.2) is 0 Å². The summed E-state index contributed by atoms with van der Waals surface area (Å²) < 4.78 is 6.42. The number of halogens is 2. The van der Waals surface area contributed by atoms with E-state index in [0.29, 0.717) is 26.2 Å². The van der Waals surface area contributed by atoms with Crippen LogP contribution in [0.3, 0.4) is 0 Å². The minimum absolute atomic E-state index is 0.154. The molecule has 1 saturated heterocycles. The summed E-state index contributed by atoms with van der Waals surface area (Å²) in [6.07, 6.45) is 0.455. The number of carbonyl (C=O) groups is 1. The molecule has 1 atom stereocenters. The van der Waals surface area contributed by atoms with Crippen molar-refractivity contribution in [3.8, 4) is 0 Å². The zero-order valence-corrected chi connectivity index (χ0v) is 13.1. The smallest absolute Gasteiger partial charge is 0.227 e. The van der Waals surface area contributed by atoms with Crippen LogP contribution in [0.1, 0.15) is 5.56 Å². The van der Waals surface area contributed by atoms with E-state index in [1.807, 2.05) is 29.2 Å². The fraction of sp³-hybridized carbons (Fsp3) is 0.462. The summed E-state index contributed by atoms with van der Waals surface area (Å²) in [5, 5.41) is 0.763. The molecule has 0 aromatic heterocycles. The fourth-order valence-corrected chi connectivity index (χ4v) is 2.79. The molecule has 1 aromatic rings. The van der Waals surface area contributed by atoms with Crippen molar-refractivity contribution < 1.29 is 9.53 Å². The Bertz CT molecular complexity index is 408. The van der Waals surface area contributed by atoms with Crippen LogP contribution in [0, 0.1) is 0 Å². The van der Waals surface area contributed by atoms with Gasteiger partial charge in [0, 0.05) is 16.3 Å². The van der Waals surface area contributed by atoms with Crippen LogP contribution in [0.15, 0.2) is 28.7 Å². The van der Waals surface area contributed by atoms with E-state index in [1.165, 1.54) is 0 Å². The highest BCUT2D eigenvalue weighted by molar-refractivity contribution is 9.10. The molecule has 1 aromatic carbocycles. The minimum Gasteiger partial charge on any atom is -0.377 e. The summed E-state index contributed by atoms with van der Waals surface area (Å²) in [5.41, 5.74) is 1.04. The number of ether oxygens (including phenoxy) is 1. The molecule has 18 heavy (non-hydrogen) atoms. The Morgan fingerprint density at radius 3 is 2.78 bits per heavy atom. The van der Waals surface area contributed by atoms with E-state index < -0.39 is 0 Å². The van der Waals surface area contributed by atoms with Crippen molar-refractivity contribution in [2.75, 3.05) is 25.1 Å². The van der Waals surface area contributed by atoms with Gasteiger partial charge in [-0.1, -0.05) is 44.0 Å². The van der Waals surface area contributed by atoms with Crippen LogP contribution >= 0.6 is 31.9 Å². The minimum atomic E-state index is 0.154. The summed E-state index contributed by atoms with van der Waals surface area (Å²) in [7, 11) is 0. The summed E-state index contributed by atoms with van der Waals surface area (Å²) in [5.74, 6) is 0.171. The summed E-state index contributed by atoms with van der Waals surface area (Å²) in [4.78, 5) is 14.2. The molecule has 1 aliphatic rings. The van der Waals surface area contributed by atoms with E-state index in [4.69, 9.17) is 4.74 Å². The summed E-state index contributed by atoms with van der Waals surface area (Å²) in [6.45, 7) is 1.94. The van der Waals surface area contributed by atoms with Crippen molar-refractivity contribution in [3.05, 3.63) is 34.3 Å².